The highest BCUT2D eigenvalue weighted by molar-refractivity contribution is 7.99. The zero-order valence-electron chi connectivity index (χ0n) is 8.80. The van der Waals surface area contributed by atoms with Crippen molar-refractivity contribution in [3.05, 3.63) is 18.7 Å². The number of aromatic nitrogens is 6. The minimum absolute atomic E-state index is 0.0258. The molecule has 2 heterocycles. The third-order valence-electron chi connectivity index (χ3n) is 1.95. The normalized spacial score (nSPS) is 10.6. The van der Waals surface area contributed by atoms with Gasteiger partial charge in [0.2, 0.25) is 0 Å². The van der Waals surface area contributed by atoms with E-state index in [-0.39, 0.29) is 5.75 Å². The number of nitrogens with zero attached hydrogens (tertiary/aromatic N) is 6. The van der Waals surface area contributed by atoms with E-state index in [9.17, 15) is 4.79 Å². The fourth-order valence-electron chi connectivity index (χ4n) is 1.20. The molecule has 0 aliphatic carbocycles. The van der Waals surface area contributed by atoms with Crippen molar-refractivity contribution in [3.8, 4) is 0 Å². The Morgan fingerprint density at radius 1 is 1.41 bits per heavy atom. The van der Waals surface area contributed by atoms with Gasteiger partial charge in [-0.1, -0.05) is 17.0 Å². The van der Waals surface area contributed by atoms with Crippen LogP contribution in [0.5, 0.6) is 0 Å². The maximum absolute atomic E-state index is 10.4. The summed E-state index contributed by atoms with van der Waals surface area (Å²) in [6.07, 6.45) is 4.93. The van der Waals surface area contributed by atoms with Gasteiger partial charge in [0.05, 0.1) is 18.5 Å². The molecule has 0 atom stereocenters. The van der Waals surface area contributed by atoms with Crippen molar-refractivity contribution in [1.29, 1.82) is 0 Å². The van der Waals surface area contributed by atoms with Gasteiger partial charge in [0.25, 0.3) is 0 Å². The molecule has 0 radical (unpaired) electrons. The van der Waals surface area contributed by atoms with Crippen LogP contribution in [0.2, 0.25) is 0 Å². The molecule has 0 unspecified atom stereocenters. The summed E-state index contributed by atoms with van der Waals surface area (Å²) in [7, 11) is 0. The molecule has 0 amide bonds. The predicted octanol–water partition coefficient (Wildman–Crippen LogP) is -0.254. The fourth-order valence-corrected chi connectivity index (χ4v) is 1.86. The highest BCUT2D eigenvalue weighted by Gasteiger charge is 2.07. The largest absolute Gasteiger partial charge is 0.481 e. The fraction of sp³-hybridized carbons (Fsp3) is 0.375. The second-order valence-electron chi connectivity index (χ2n) is 3.16. The van der Waals surface area contributed by atoms with Crippen LogP contribution < -0.4 is 0 Å². The molecule has 1 N–H and O–H groups in total. The molecule has 0 bridgehead atoms. The standard InChI is InChI=1S/C8H10N6O2S/c15-7(16)5-17-8-11-10-6-13(8)3-4-14-2-1-9-12-14/h1-2,6H,3-5H2,(H,15,16). The summed E-state index contributed by atoms with van der Waals surface area (Å²) in [6.45, 7) is 1.26. The molecule has 0 aromatic carbocycles. The Morgan fingerprint density at radius 2 is 2.29 bits per heavy atom. The topological polar surface area (TPSA) is 98.7 Å². The quantitative estimate of drug-likeness (QED) is 0.709. The van der Waals surface area contributed by atoms with Gasteiger partial charge in [-0.2, -0.15) is 0 Å². The van der Waals surface area contributed by atoms with Gasteiger partial charge in [-0.3, -0.25) is 9.48 Å². The lowest BCUT2D eigenvalue weighted by molar-refractivity contribution is -0.133. The van der Waals surface area contributed by atoms with E-state index < -0.39 is 5.97 Å². The van der Waals surface area contributed by atoms with Crippen molar-refractivity contribution in [1.82, 2.24) is 29.8 Å². The SMILES string of the molecule is O=C(O)CSc1nncn1CCn1ccnn1. The molecule has 2 aromatic heterocycles. The number of aryl methyl sites for hydroxylation is 2. The summed E-state index contributed by atoms with van der Waals surface area (Å²) < 4.78 is 3.47. The Balaban J connectivity index is 1.92. The lowest BCUT2D eigenvalue weighted by Gasteiger charge is -2.04. The van der Waals surface area contributed by atoms with Crippen LogP contribution in [0, 0.1) is 0 Å². The summed E-state index contributed by atoms with van der Waals surface area (Å²) in [5, 5.41) is 24.3. The smallest absolute Gasteiger partial charge is 0.313 e. The third kappa shape index (κ3) is 3.28. The average molecular weight is 254 g/mol. The van der Waals surface area contributed by atoms with Gasteiger partial charge in [-0.15, -0.1) is 15.3 Å². The van der Waals surface area contributed by atoms with Gasteiger partial charge >= 0.3 is 5.97 Å². The van der Waals surface area contributed by atoms with Crippen LogP contribution in [0.15, 0.2) is 23.9 Å². The number of rotatable bonds is 6. The van der Waals surface area contributed by atoms with Crippen LogP contribution in [0.25, 0.3) is 0 Å². The maximum Gasteiger partial charge on any atom is 0.313 e. The monoisotopic (exact) mass is 254 g/mol. The Labute approximate surface area is 101 Å². The third-order valence-corrected chi connectivity index (χ3v) is 2.91. The van der Waals surface area contributed by atoms with Crippen molar-refractivity contribution in [3.63, 3.8) is 0 Å². The predicted molar refractivity (Wildman–Crippen MR) is 58.4 cm³/mol. The van der Waals surface area contributed by atoms with Gasteiger partial charge < -0.3 is 9.67 Å². The van der Waals surface area contributed by atoms with Crippen molar-refractivity contribution in [2.24, 2.45) is 0 Å². The molecule has 2 rings (SSSR count). The lowest BCUT2D eigenvalue weighted by Crippen LogP contribution is -2.09. The Bertz CT molecular complexity index is 482. The summed E-state index contributed by atoms with van der Waals surface area (Å²) in [5.74, 6) is -0.900. The second-order valence-corrected chi connectivity index (χ2v) is 4.10. The molecule has 2 aromatic rings. The van der Waals surface area contributed by atoms with Gasteiger partial charge in [0.15, 0.2) is 5.16 Å². The van der Waals surface area contributed by atoms with Crippen LogP contribution in [0.4, 0.5) is 0 Å². The number of hydrogen-bond acceptors (Lipinski definition) is 6. The Morgan fingerprint density at radius 3 is 3.00 bits per heavy atom. The van der Waals surface area contributed by atoms with E-state index in [1.807, 2.05) is 0 Å². The number of carboxylic acids is 1. The molecule has 0 fully saturated rings. The number of carbonyl (C=O) groups is 1. The van der Waals surface area contributed by atoms with Crippen molar-refractivity contribution in [2.45, 2.75) is 18.2 Å². The molecule has 0 aliphatic rings. The zero-order chi connectivity index (χ0) is 12.1. The number of thioether (sulfide) groups is 1. The van der Waals surface area contributed by atoms with E-state index in [1.165, 1.54) is 0 Å². The first-order chi connectivity index (χ1) is 8.25. The van der Waals surface area contributed by atoms with Gasteiger partial charge in [0, 0.05) is 12.7 Å². The minimum Gasteiger partial charge on any atom is -0.481 e. The van der Waals surface area contributed by atoms with Gasteiger partial charge in [-0.05, 0) is 0 Å². The van der Waals surface area contributed by atoms with Crippen LogP contribution in [0.1, 0.15) is 0 Å². The molecule has 0 saturated carbocycles. The Kier molecular flexibility index (Phi) is 3.70. The molecular weight excluding hydrogens is 244 g/mol. The zero-order valence-corrected chi connectivity index (χ0v) is 9.62. The minimum atomic E-state index is -0.874. The van der Waals surface area contributed by atoms with Crippen LogP contribution in [-0.4, -0.2) is 46.6 Å². The van der Waals surface area contributed by atoms with Crippen LogP contribution >= 0.6 is 11.8 Å². The van der Waals surface area contributed by atoms with Crippen LogP contribution in [0.3, 0.4) is 0 Å². The van der Waals surface area contributed by atoms with Crippen molar-refractivity contribution >= 4 is 17.7 Å². The van der Waals surface area contributed by atoms with E-state index in [1.54, 1.807) is 28.0 Å². The molecule has 17 heavy (non-hydrogen) atoms. The number of hydrogen-bond donors (Lipinski definition) is 1. The number of carboxylic acid groups (broad SMARTS) is 1. The van der Waals surface area contributed by atoms with E-state index in [0.29, 0.717) is 18.2 Å². The maximum atomic E-state index is 10.4. The van der Waals surface area contributed by atoms with Gasteiger partial charge in [-0.25, -0.2) is 0 Å². The molecule has 0 aliphatic heterocycles. The first-order valence-electron chi connectivity index (χ1n) is 4.82. The van der Waals surface area contributed by atoms with E-state index in [4.69, 9.17) is 5.11 Å². The van der Waals surface area contributed by atoms with E-state index in [2.05, 4.69) is 20.5 Å². The molecule has 90 valence electrons. The molecule has 9 heteroatoms. The van der Waals surface area contributed by atoms with Crippen LogP contribution in [-0.2, 0) is 17.9 Å². The second kappa shape index (κ2) is 5.43. The van der Waals surface area contributed by atoms with Crippen molar-refractivity contribution < 1.29 is 9.90 Å². The average Bonchev–Trinajstić information content (AvgIpc) is 2.95. The van der Waals surface area contributed by atoms with Gasteiger partial charge in [0.1, 0.15) is 6.33 Å². The molecule has 8 nitrogen and oxygen atoms in total. The molecular formula is C8H10N6O2S. The van der Waals surface area contributed by atoms with E-state index in [0.717, 1.165) is 11.8 Å². The first kappa shape index (κ1) is 11.6. The Hall–Kier alpha value is -1.90. The lowest BCUT2D eigenvalue weighted by atomic mass is 10.6. The van der Waals surface area contributed by atoms with Crippen molar-refractivity contribution in [2.75, 3.05) is 5.75 Å². The van der Waals surface area contributed by atoms with E-state index >= 15 is 0 Å². The summed E-state index contributed by atoms with van der Waals surface area (Å²) in [4.78, 5) is 10.4. The molecule has 0 saturated heterocycles. The summed E-state index contributed by atoms with van der Waals surface area (Å²) in [6, 6.07) is 0. The highest BCUT2D eigenvalue weighted by Crippen LogP contribution is 2.14. The highest BCUT2D eigenvalue weighted by atomic mass is 32.2. The molecule has 0 spiro atoms. The summed E-state index contributed by atoms with van der Waals surface area (Å²) in [5.41, 5.74) is 0. The number of aliphatic carboxylic acids is 1. The first-order valence-corrected chi connectivity index (χ1v) is 5.81. The summed E-state index contributed by atoms with van der Waals surface area (Å²) >= 11 is 1.14.